The summed E-state index contributed by atoms with van der Waals surface area (Å²) in [5.41, 5.74) is 2.34. The van der Waals surface area contributed by atoms with E-state index in [1.165, 1.54) is 14.9 Å². The number of rotatable bonds is 5. The van der Waals surface area contributed by atoms with Crippen LogP contribution in [0.5, 0.6) is 0 Å². The van der Waals surface area contributed by atoms with E-state index in [1.54, 1.807) is 11.3 Å². The minimum Gasteiger partial charge on any atom is -0.306 e. The molecule has 2 nitrogen and oxygen atoms in total. The molecule has 0 aromatic carbocycles. The zero-order valence-corrected chi connectivity index (χ0v) is 13.0. The molecule has 0 radical (unpaired) electrons. The number of thiophene rings is 1. The number of hydrogen-bond donors (Lipinski definition) is 1. The molecule has 1 atom stereocenters. The molecule has 1 unspecified atom stereocenters. The molecule has 2 aromatic rings. The van der Waals surface area contributed by atoms with Crippen molar-refractivity contribution in [3.05, 3.63) is 50.4 Å². The predicted octanol–water partition coefficient (Wildman–Crippen LogP) is 4.30. The Bertz CT molecular complexity index is 510. The first-order valence-corrected chi connectivity index (χ1v) is 7.78. The first kappa shape index (κ1) is 13.7. The molecule has 0 saturated carbocycles. The van der Waals surface area contributed by atoms with E-state index in [9.17, 15) is 0 Å². The Labute approximate surface area is 121 Å². The van der Waals surface area contributed by atoms with Gasteiger partial charge < -0.3 is 5.32 Å². The van der Waals surface area contributed by atoms with Crippen molar-refractivity contribution < 1.29 is 0 Å². The van der Waals surface area contributed by atoms with Crippen molar-refractivity contribution in [2.24, 2.45) is 0 Å². The van der Waals surface area contributed by atoms with Gasteiger partial charge in [-0.1, -0.05) is 6.92 Å². The number of aryl methyl sites for hydroxylation is 1. The van der Waals surface area contributed by atoms with E-state index < -0.39 is 0 Å². The SMILES string of the molecule is CCCNC(c1ccnc(C)c1)c1sccc1Br. The minimum atomic E-state index is 0.251. The summed E-state index contributed by atoms with van der Waals surface area (Å²) in [7, 11) is 0. The Hall–Kier alpha value is -0.710. The highest BCUT2D eigenvalue weighted by Gasteiger charge is 2.17. The van der Waals surface area contributed by atoms with Gasteiger partial charge in [0.15, 0.2) is 0 Å². The van der Waals surface area contributed by atoms with Crippen molar-refractivity contribution in [2.45, 2.75) is 26.3 Å². The number of pyridine rings is 1. The molecule has 0 saturated heterocycles. The molecule has 1 N–H and O–H groups in total. The maximum Gasteiger partial charge on any atom is 0.0683 e. The van der Waals surface area contributed by atoms with Crippen molar-refractivity contribution in [1.29, 1.82) is 0 Å². The molecule has 2 rings (SSSR count). The second-order valence-corrected chi connectivity index (χ2v) is 6.05. The number of nitrogens with one attached hydrogen (secondary N) is 1. The van der Waals surface area contributed by atoms with E-state index >= 15 is 0 Å². The zero-order valence-electron chi connectivity index (χ0n) is 10.6. The van der Waals surface area contributed by atoms with Crippen LogP contribution in [0.2, 0.25) is 0 Å². The summed E-state index contributed by atoms with van der Waals surface area (Å²) < 4.78 is 1.18. The quantitative estimate of drug-likeness (QED) is 0.886. The minimum absolute atomic E-state index is 0.251. The second kappa shape index (κ2) is 6.45. The number of nitrogens with zero attached hydrogens (tertiary/aromatic N) is 1. The van der Waals surface area contributed by atoms with Crippen LogP contribution in [0.15, 0.2) is 34.2 Å². The number of aromatic nitrogens is 1. The van der Waals surface area contributed by atoms with Crippen LogP contribution in [0.3, 0.4) is 0 Å². The maximum atomic E-state index is 4.27. The third kappa shape index (κ3) is 3.19. The van der Waals surface area contributed by atoms with E-state index in [0.29, 0.717) is 0 Å². The Morgan fingerprint density at radius 3 is 2.89 bits per heavy atom. The van der Waals surface area contributed by atoms with Crippen LogP contribution in [0.4, 0.5) is 0 Å². The summed E-state index contributed by atoms with van der Waals surface area (Å²) in [4.78, 5) is 5.60. The molecule has 18 heavy (non-hydrogen) atoms. The zero-order chi connectivity index (χ0) is 13.0. The van der Waals surface area contributed by atoms with Crippen LogP contribution < -0.4 is 5.32 Å². The van der Waals surface area contributed by atoms with Gasteiger partial charge in [-0.05, 0) is 65.0 Å². The van der Waals surface area contributed by atoms with E-state index in [-0.39, 0.29) is 6.04 Å². The lowest BCUT2D eigenvalue weighted by molar-refractivity contribution is 0.603. The molecule has 0 aliphatic heterocycles. The van der Waals surface area contributed by atoms with Crippen molar-refractivity contribution in [3.8, 4) is 0 Å². The van der Waals surface area contributed by atoms with Gasteiger partial charge in [0.05, 0.1) is 6.04 Å². The van der Waals surface area contributed by atoms with E-state index in [1.807, 2.05) is 13.1 Å². The fraction of sp³-hybridized carbons (Fsp3) is 0.357. The molecular formula is C14H17BrN2S. The van der Waals surface area contributed by atoms with Crippen LogP contribution >= 0.6 is 27.3 Å². The summed E-state index contributed by atoms with van der Waals surface area (Å²) in [6, 6.07) is 6.60. The van der Waals surface area contributed by atoms with Crippen molar-refractivity contribution >= 4 is 27.3 Å². The van der Waals surface area contributed by atoms with Gasteiger partial charge in [-0.3, -0.25) is 4.98 Å². The molecule has 0 fully saturated rings. The van der Waals surface area contributed by atoms with E-state index in [2.05, 4.69) is 56.7 Å². The third-order valence-corrected chi connectivity index (χ3v) is 4.70. The van der Waals surface area contributed by atoms with E-state index in [4.69, 9.17) is 0 Å². The molecule has 2 aromatic heterocycles. The topological polar surface area (TPSA) is 24.9 Å². The van der Waals surface area contributed by atoms with Gasteiger partial charge in [0.2, 0.25) is 0 Å². The third-order valence-electron chi connectivity index (χ3n) is 2.76. The van der Waals surface area contributed by atoms with Gasteiger partial charge in [0, 0.05) is 21.2 Å². The predicted molar refractivity (Wildman–Crippen MR) is 81.1 cm³/mol. The highest BCUT2D eigenvalue weighted by atomic mass is 79.9. The molecule has 96 valence electrons. The van der Waals surface area contributed by atoms with E-state index in [0.717, 1.165) is 18.7 Å². The van der Waals surface area contributed by atoms with Gasteiger partial charge in [0.25, 0.3) is 0 Å². The van der Waals surface area contributed by atoms with Crippen LogP contribution in [0, 0.1) is 6.92 Å². The molecule has 0 amide bonds. The highest BCUT2D eigenvalue weighted by molar-refractivity contribution is 9.10. The van der Waals surface area contributed by atoms with Gasteiger partial charge in [0.1, 0.15) is 0 Å². The van der Waals surface area contributed by atoms with Crippen molar-refractivity contribution in [2.75, 3.05) is 6.54 Å². The number of halogens is 1. The summed E-state index contributed by atoms with van der Waals surface area (Å²) >= 11 is 5.41. The van der Waals surface area contributed by atoms with Crippen molar-refractivity contribution in [3.63, 3.8) is 0 Å². The maximum absolute atomic E-state index is 4.27. The molecule has 0 bridgehead atoms. The molecule has 0 aliphatic rings. The fourth-order valence-corrected chi connectivity index (χ4v) is 3.61. The van der Waals surface area contributed by atoms with Crippen molar-refractivity contribution in [1.82, 2.24) is 10.3 Å². The first-order valence-electron chi connectivity index (χ1n) is 6.11. The molecule has 4 heteroatoms. The van der Waals surface area contributed by atoms with Crippen LogP contribution in [0.25, 0.3) is 0 Å². The van der Waals surface area contributed by atoms with Gasteiger partial charge in [-0.15, -0.1) is 11.3 Å². The van der Waals surface area contributed by atoms with Gasteiger partial charge in [-0.2, -0.15) is 0 Å². The summed E-state index contributed by atoms with van der Waals surface area (Å²) in [6.07, 6.45) is 3.01. The summed E-state index contributed by atoms with van der Waals surface area (Å²) in [6.45, 7) is 5.23. The monoisotopic (exact) mass is 324 g/mol. The largest absolute Gasteiger partial charge is 0.306 e. The molecular weight excluding hydrogens is 308 g/mol. The molecule has 0 spiro atoms. The molecule has 0 aliphatic carbocycles. The summed E-state index contributed by atoms with van der Waals surface area (Å²) in [5, 5.41) is 5.73. The Kier molecular flexibility index (Phi) is 4.92. The Balaban J connectivity index is 2.33. The average molecular weight is 325 g/mol. The van der Waals surface area contributed by atoms with Crippen LogP contribution in [-0.4, -0.2) is 11.5 Å². The van der Waals surface area contributed by atoms with Crippen LogP contribution in [0.1, 0.15) is 35.5 Å². The summed E-state index contributed by atoms with van der Waals surface area (Å²) in [5.74, 6) is 0. The second-order valence-electron chi connectivity index (χ2n) is 4.25. The van der Waals surface area contributed by atoms with Gasteiger partial charge >= 0.3 is 0 Å². The lowest BCUT2D eigenvalue weighted by atomic mass is 10.1. The average Bonchev–Trinajstić information content (AvgIpc) is 2.77. The lowest BCUT2D eigenvalue weighted by Gasteiger charge is -2.18. The lowest BCUT2D eigenvalue weighted by Crippen LogP contribution is -2.22. The highest BCUT2D eigenvalue weighted by Crippen LogP contribution is 2.33. The van der Waals surface area contributed by atoms with Gasteiger partial charge in [-0.25, -0.2) is 0 Å². The number of hydrogen-bond acceptors (Lipinski definition) is 3. The van der Waals surface area contributed by atoms with Crippen LogP contribution in [-0.2, 0) is 0 Å². The first-order chi connectivity index (χ1) is 8.72. The standard InChI is InChI=1S/C14H17BrN2S/c1-3-6-17-13(14-12(15)5-8-18-14)11-4-7-16-10(2)9-11/h4-5,7-9,13,17H,3,6H2,1-2H3. The molecule has 2 heterocycles. The Morgan fingerprint density at radius 2 is 2.28 bits per heavy atom. The Morgan fingerprint density at radius 1 is 1.44 bits per heavy atom. The normalized spacial score (nSPS) is 12.6. The smallest absolute Gasteiger partial charge is 0.0683 e. The fourth-order valence-electron chi connectivity index (χ4n) is 1.91.